The number of nitrogens with one attached hydrogen (secondary N) is 1. The van der Waals surface area contributed by atoms with E-state index in [-0.39, 0.29) is 23.7 Å². The first kappa shape index (κ1) is 20.2. The van der Waals surface area contributed by atoms with Crippen LogP contribution in [0.3, 0.4) is 0 Å². The number of nitrogens with zero attached hydrogens (tertiary/aromatic N) is 3. The zero-order valence-corrected chi connectivity index (χ0v) is 17.2. The molecule has 1 saturated heterocycles. The second-order valence-electron chi connectivity index (χ2n) is 7.91. The van der Waals surface area contributed by atoms with Crippen LogP contribution in [0.2, 0.25) is 0 Å². The van der Waals surface area contributed by atoms with E-state index in [1.54, 1.807) is 0 Å². The highest BCUT2D eigenvalue weighted by Gasteiger charge is 2.36. The zero-order chi connectivity index (χ0) is 19.1. The predicted molar refractivity (Wildman–Crippen MR) is 108 cm³/mol. The van der Waals surface area contributed by atoms with Gasteiger partial charge in [-0.15, -0.1) is 10.2 Å². The fourth-order valence-electron chi connectivity index (χ4n) is 3.65. The number of hydrogen-bond donors (Lipinski definition) is 1. The van der Waals surface area contributed by atoms with Crippen molar-refractivity contribution in [1.29, 1.82) is 0 Å². The summed E-state index contributed by atoms with van der Waals surface area (Å²) in [5.41, 5.74) is 0. The molecule has 150 valence electrons. The molecule has 1 aliphatic heterocycles. The standard InChI is InChI=1S/C20H32N4O2S/c1-2-3-4-5-6-7-10-17-22-23-20(27-17)21-18(25)16-9-8-13-24(14-16)19(26)15-11-12-15/h15-16H,2-14H2,1H3,(H,21,23,25). The molecule has 1 aliphatic carbocycles. The topological polar surface area (TPSA) is 75.2 Å². The zero-order valence-electron chi connectivity index (χ0n) is 16.4. The van der Waals surface area contributed by atoms with Crippen LogP contribution in [0.4, 0.5) is 5.13 Å². The summed E-state index contributed by atoms with van der Waals surface area (Å²) in [6, 6.07) is 0. The lowest BCUT2D eigenvalue weighted by atomic mass is 9.97. The Morgan fingerprint density at radius 1 is 1.07 bits per heavy atom. The largest absolute Gasteiger partial charge is 0.342 e. The SMILES string of the molecule is CCCCCCCCc1nnc(NC(=O)C2CCCN(C(=O)C3CC3)C2)s1. The van der Waals surface area contributed by atoms with Crippen LogP contribution in [-0.4, -0.2) is 40.0 Å². The summed E-state index contributed by atoms with van der Waals surface area (Å²) >= 11 is 1.48. The van der Waals surface area contributed by atoms with Crippen LogP contribution in [-0.2, 0) is 16.0 Å². The smallest absolute Gasteiger partial charge is 0.231 e. The van der Waals surface area contributed by atoms with Crippen molar-refractivity contribution in [2.75, 3.05) is 18.4 Å². The number of aryl methyl sites for hydroxylation is 1. The molecular weight excluding hydrogens is 360 g/mol. The van der Waals surface area contributed by atoms with Crippen LogP contribution in [0.25, 0.3) is 0 Å². The molecule has 2 amide bonds. The summed E-state index contributed by atoms with van der Waals surface area (Å²) in [6.45, 7) is 3.57. The Labute approximate surface area is 166 Å². The molecule has 0 spiro atoms. The van der Waals surface area contributed by atoms with Crippen molar-refractivity contribution >= 4 is 28.3 Å². The van der Waals surface area contributed by atoms with E-state index in [2.05, 4.69) is 22.4 Å². The van der Waals surface area contributed by atoms with Gasteiger partial charge in [-0.1, -0.05) is 50.4 Å². The van der Waals surface area contributed by atoms with Gasteiger partial charge in [0, 0.05) is 25.4 Å². The van der Waals surface area contributed by atoms with Gasteiger partial charge in [0.05, 0.1) is 5.92 Å². The molecule has 1 saturated carbocycles. The Balaban J connectivity index is 1.40. The van der Waals surface area contributed by atoms with E-state index in [1.807, 2.05) is 4.90 Å². The van der Waals surface area contributed by atoms with E-state index in [0.29, 0.717) is 11.7 Å². The minimum Gasteiger partial charge on any atom is -0.342 e. The molecule has 2 fully saturated rings. The monoisotopic (exact) mass is 392 g/mol. The van der Waals surface area contributed by atoms with Gasteiger partial charge >= 0.3 is 0 Å². The Bertz CT molecular complexity index is 629. The number of likely N-dealkylation sites (tertiary alicyclic amines) is 1. The van der Waals surface area contributed by atoms with E-state index in [1.165, 1.54) is 43.4 Å². The average Bonchev–Trinajstić information content (AvgIpc) is 3.44. The van der Waals surface area contributed by atoms with Gasteiger partial charge < -0.3 is 10.2 Å². The fraction of sp³-hybridized carbons (Fsp3) is 0.800. The van der Waals surface area contributed by atoms with Crippen LogP contribution in [0.5, 0.6) is 0 Å². The van der Waals surface area contributed by atoms with Gasteiger partial charge in [-0.05, 0) is 32.1 Å². The maximum absolute atomic E-state index is 12.6. The first-order chi connectivity index (χ1) is 13.2. The molecule has 27 heavy (non-hydrogen) atoms. The summed E-state index contributed by atoms with van der Waals surface area (Å²) in [4.78, 5) is 26.7. The van der Waals surface area contributed by atoms with Gasteiger partial charge in [0.1, 0.15) is 5.01 Å². The Morgan fingerprint density at radius 3 is 2.63 bits per heavy atom. The molecule has 1 unspecified atom stereocenters. The fourth-order valence-corrected chi connectivity index (χ4v) is 4.43. The summed E-state index contributed by atoms with van der Waals surface area (Å²) in [5.74, 6) is 0.307. The van der Waals surface area contributed by atoms with Crippen LogP contribution < -0.4 is 5.32 Å². The van der Waals surface area contributed by atoms with Crippen molar-refractivity contribution in [2.45, 2.75) is 77.6 Å². The van der Waals surface area contributed by atoms with E-state index in [9.17, 15) is 9.59 Å². The van der Waals surface area contributed by atoms with Gasteiger partial charge in [0.25, 0.3) is 0 Å². The Kier molecular flexibility index (Phi) is 7.61. The number of unbranched alkanes of at least 4 members (excludes halogenated alkanes) is 5. The van der Waals surface area contributed by atoms with E-state index >= 15 is 0 Å². The number of anilines is 1. The molecule has 3 rings (SSSR count). The minimum atomic E-state index is -0.132. The maximum Gasteiger partial charge on any atom is 0.231 e. The van der Waals surface area contributed by atoms with Crippen LogP contribution in [0.1, 0.15) is 76.1 Å². The predicted octanol–water partition coefficient (Wildman–Crippen LogP) is 4.03. The summed E-state index contributed by atoms with van der Waals surface area (Å²) < 4.78 is 0. The second kappa shape index (κ2) is 10.2. The number of carbonyl (C=O) groups is 2. The van der Waals surface area contributed by atoms with Crippen LogP contribution in [0, 0.1) is 11.8 Å². The third-order valence-corrected chi connectivity index (χ3v) is 6.37. The first-order valence-corrected chi connectivity index (χ1v) is 11.4. The van der Waals surface area contributed by atoms with Gasteiger partial charge in [0.2, 0.25) is 16.9 Å². The molecule has 0 bridgehead atoms. The molecular formula is C20H32N4O2S. The van der Waals surface area contributed by atoms with Gasteiger partial charge in [-0.25, -0.2) is 0 Å². The minimum absolute atomic E-state index is 0.0226. The van der Waals surface area contributed by atoms with Crippen LogP contribution >= 0.6 is 11.3 Å². The lowest BCUT2D eigenvalue weighted by Crippen LogP contribution is -2.44. The normalized spacial score (nSPS) is 19.9. The van der Waals surface area contributed by atoms with Crippen molar-refractivity contribution < 1.29 is 9.59 Å². The van der Waals surface area contributed by atoms with Crippen molar-refractivity contribution in [3.63, 3.8) is 0 Å². The lowest BCUT2D eigenvalue weighted by molar-refractivity contribution is -0.135. The molecule has 2 heterocycles. The molecule has 6 nitrogen and oxygen atoms in total. The quantitative estimate of drug-likeness (QED) is 0.610. The van der Waals surface area contributed by atoms with Crippen molar-refractivity contribution in [2.24, 2.45) is 11.8 Å². The maximum atomic E-state index is 12.6. The van der Waals surface area contributed by atoms with E-state index in [4.69, 9.17) is 0 Å². The summed E-state index contributed by atoms with van der Waals surface area (Å²) in [6.07, 6.45) is 12.3. The van der Waals surface area contributed by atoms with Gasteiger partial charge in [0.15, 0.2) is 0 Å². The highest BCUT2D eigenvalue weighted by atomic mass is 32.1. The Hall–Kier alpha value is -1.50. The number of hydrogen-bond acceptors (Lipinski definition) is 5. The van der Waals surface area contributed by atoms with Crippen molar-refractivity contribution in [1.82, 2.24) is 15.1 Å². The molecule has 0 aromatic carbocycles. The highest BCUT2D eigenvalue weighted by molar-refractivity contribution is 7.15. The lowest BCUT2D eigenvalue weighted by Gasteiger charge is -2.32. The molecule has 7 heteroatoms. The number of carbonyl (C=O) groups excluding carboxylic acids is 2. The van der Waals surface area contributed by atoms with Gasteiger partial charge in [-0.2, -0.15) is 0 Å². The van der Waals surface area contributed by atoms with Gasteiger partial charge in [-0.3, -0.25) is 9.59 Å². The second-order valence-corrected chi connectivity index (χ2v) is 8.97. The van der Waals surface area contributed by atoms with E-state index in [0.717, 1.165) is 50.1 Å². The number of rotatable bonds is 10. The first-order valence-electron chi connectivity index (χ1n) is 10.6. The Morgan fingerprint density at radius 2 is 1.85 bits per heavy atom. The molecule has 0 radical (unpaired) electrons. The molecule has 1 N–H and O–H groups in total. The number of aromatic nitrogens is 2. The summed E-state index contributed by atoms with van der Waals surface area (Å²) in [7, 11) is 0. The highest BCUT2D eigenvalue weighted by Crippen LogP contribution is 2.32. The van der Waals surface area contributed by atoms with Crippen molar-refractivity contribution in [3.8, 4) is 0 Å². The number of piperidine rings is 1. The van der Waals surface area contributed by atoms with Crippen LogP contribution in [0.15, 0.2) is 0 Å². The summed E-state index contributed by atoms with van der Waals surface area (Å²) in [5, 5.41) is 12.8. The molecule has 2 aliphatic rings. The third kappa shape index (κ3) is 6.26. The average molecular weight is 393 g/mol. The number of amides is 2. The van der Waals surface area contributed by atoms with Crippen molar-refractivity contribution in [3.05, 3.63) is 5.01 Å². The third-order valence-electron chi connectivity index (χ3n) is 5.47. The molecule has 1 aromatic rings. The van der Waals surface area contributed by atoms with E-state index < -0.39 is 0 Å². The molecule has 1 aromatic heterocycles. The molecule has 1 atom stereocenters.